The van der Waals surface area contributed by atoms with E-state index in [1.165, 1.54) is 0 Å². The lowest BCUT2D eigenvalue weighted by atomic mass is 10.3. The Hall–Kier alpha value is -1.82. The van der Waals surface area contributed by atoms with Gasteiger partial charge in [0.2, 0.25) is 0 Å². The van der Waals surface area contributed by atoms with Gasteiger partial charge in [-0.1, -0.05) is 23.2 Å². The van der Waals surface area contributed by atoms with E-state index < -0.39 is 0 Å². The summed E-state index contributed by atoms with van der Waals surface area (Å²) in [5, 5.41) is 0.716. The van der Waals surface area contributed by atoms with Crippen molar-refractivity contribution in [3.8, 4) is 0 Å². The van der Waals surface area contributed by atoms with Gasteiger partial charge >= 0.3 is 0 Å². The monoisotopic (exact) mass is 350 g/mol. The number of hydrogen-bond donors (Lipinski definition) is 0. The van der Waals surface area contributed by atoms with Crippen LogP contribution in [0.5, 0.6) is 0 Å². The number of aromatic nitrogens is 2. The van der Waals surface area contributed by atoms with Crippen LogP contribution in [0.2, 0.25) is 10.3 Å². The van der Waals surface area contributed by atoms with Gasteiger partial charge in [-0.3, -0.25) is 9.98 Å². The molecule has 2 unspecified atom stereocenters. The molecule has 2 aromatic heterocycles. The molecule has 0 aliphatic carbocycles. The summed E-state index contributed by atoms with van der Waals surface area (Å²) in [6, 6.07) is 7.12. The Morgan fingerprint density at radius 1 is 0.913 bits per heavy atom. The molecule has 23 heavy (non-hydrogen) atoms. The van der Waals surface area contributed by atoms with Crippen molar-refractivity contribution in [1.29, 1.82) is 0 Å². The summed E-state index contributed by atoms with van der Waals surface area (Å²) in [5.74, 6) is 0. The fourth-order valence-electron chi connectivity index (χ4n) is 1.73. The lowest BCUT2D eigenvalue weighted by molar-refractivity contribution is 0.0916. The largest absolute Gasteiger partial charge is 0.364 e. The molecule has 0 saturated heterocycles. The van der Waals surface area contributed by atoms with Crippen LogP contribution >= 0.6 is 23.2 Å². The summed E-state index contributed by atoms with van der Waals surface area (Å²) in [6.45, 7) is 3.77. The Labute approximate surface area is 145 Å². The first-order valence-corrected chi connectivity index (χ1v) is 7.76. The summed E-state index contributed by atoms with van der Waals surface area (Å²) in [5.41, 5.74) is 1.21. The first-order chi connectivity index (χ1) is 11.1. The topological polar surface area (TPSA) is 59.7 Å². The van der Waals surface area contributed by atoms with Gasteiger partial charge in [-0.2, -0.15) is 0 Å². The predicted octanol–water partition coefficient (Wildman–Crippen LogP) is 4.68. The molecule has 0 saturated carbocycles. The van der Waals surface area contributed by atoms with Crippen LogP contribution in [0, 0.1) is 0 Å². The Morgan fingerprint density at radius 2 is 1.35 bits per heavy atom. The molecule has 0 aromatic carbocycles. The van der Waals surface area contributed by atoms with Crippen LogP contribution in [0.4, 0.5) is 11.4 Å². The lowest BCUT2D eigenvalue weighted by Crippen LogP contribution is -2.19. The molecule has 0 amide bonds. The van der Waals surface area contributed by atoms with Crippen molar-refractivity contribution >= 4 is 47.0 Å². The fourth-order valence-corrected chi connectivity index (χ4v) is 2.06. The second-order valence-corrected chi connectivity index (χ2v) is 5.45. The molecular formula is C16H16Cl2N4O. The van der Waals surface area contributed by atoms with Crippen molar-refractivity contribution in [1.82, 2.24) is 9.97 Å². The van der Waals surface area contributed by atoms with E-state index in [4.69, 9.17) is 27.9 Å². The quantitative estimate of drug-likeness (QED) is 0.561. The lowest BCUT2D eigenvalue weighted by Gasteiger charge is -2.12. The van der Waals surface area contributed by atoms with Crippen molar-refractivity contribution in [2.24, 2.45) is 9.98 Å². The SMILES string of the molecule is CC(C=Nc1cccnc1Cl)OC(C)C=Nc1cccnc1Cl. The van der Waals surface area contributed by atoms with Gasteiger partial charge in [0.15, 0.2) is 10.3 Å². The minimum Gasteiger partial charge on any atom is -0.364 e. The number of rotatable bonds is 6. The first kappa shape index (κ1) is 17.5. The zero-order chi connectivity index (χ0) is 16.7. The molecule has 0 aliphatic heterocycles. The van der Waals surface area contributed by atoms with Gasteiger partial charge in [0.1, 0.15) is 0 Å². The maximum atomic E-state index is 5.94. The summed E-state index contributed by atoms with van der Waals surface area (Å²) >= 11 is 11.9. The van der Waals surface area contributed by atoms with Gasteiger partial charge in [0.25, 0.3) is 0 Å². The Morgan fingerprint density at radius 3 is 1.74 bits per heavy atom. The van der Waals surface area contributed by atoms with Crippen molar-refractivity contribution in [2.75, 3.05) is 0 Å². The summed E-state index contributed by atoms with van der Waals surface area (Å²) < 4.78 is 5.75. The van der Waals surface area contributed by atoms with E-state index in [-0.39, 0.29) is 12.2 Å². The molecular weight excluding hydrogens is 335 g/mol. The van der Waals surface area contributed by atoms with Crippen molar-refractivity contribution in [2.45, 2.75) is 26.1 Å². The molecule has 0 bridgehead atoms. The Kier molecular flexibility index (Phi) is 6.65. The van der Waals surface area contributed by atoms with Crippen LogP contribution in [0.25, 0.3) is 0 Å². The molecule has 0 N–H and O–H groups in total. The van der Waals surface area contributed by atoms with Gasteiger partial charge in [-0.25, -0.2) is 9.97 Å². The van der Waals surface area contributed by atoms with Gasteiger partial charge in [0, 0.05) is 24.8 Å². The zero-order valence-corrected chi connectivity index (χ0v) is 14.2. The number of hydrogen-bond acceptors (Lipinski definition) is 5. The Balaban J connectivity index is 1.91. The van der Waals surface area contributed by atoms with E-state index in [9.17, 15) is 0 Å². The fraction of sp³-hybridized carbons (Fsp3) is 0.250. The second-order valence-electron chi connectivity index (χ2n) is 4.73. The van der Waals surface area contributed by atoms with Crippen LogP contribution < -0.4 is 0 Å². The predicted molar refractivity (Wildman–Crippen MR) is 94.8 cm³/mol. The third kappa shape index (κ3) is 5.71. The normalized spacial score (nSPS) is 14.4. The van der Waals surface area contributed by atoms with Crippen LogP contribution in [0.15, 0.2) is 46.6 Å². The summed E-state index contributed by atoms with van der Waals surface area (Å²) in [6.07, 6.45) is 6.15. The van der Waals surface area contributed by atoms with Crippen molar-refractivity contribution < 1.29 is 4.74 Å². The number of nitrogens with zero attached hydrogens (tertiary/aromatic N) is 4. The molecule has 120 valence electrons. The highest BCUT2D eigenvalue weighted by Crippen LogP contribution is 2.21. The number of ether oxygens (including phenoxy) is 1. The van der Waals surface area contributed by atoms with E-state index in [0.29, 0.717) is 21.7 Å². The van der Waals surface area contributed by atoms with Gasteiger partial charge in [0.05, 0.1) is 23.6 Å². The molecule has 2 rings (SSSR count). The summed E-state index contributed by atoms with van der Waals surface area (Å²) in [7, 11) is 0. The van der Waals surface area contributed by atoms with E-state index in [0.717, 1.165) is 0 Å². The van der Waals surface area contributed by atoms with Crippen molar-refractivity contribution in [3.05, 3.63) is 47.0 Å². The first-order valence-electron chi connectivity index (χ1n) is 7.01. The number of pyridine rings is 2. The minimum atomic E-state index is -0.211. The molecule has 0 fully saturated rings. The molecule has 2 atom stereocenters. The minimum absolute atomic E-state index is 0.211. The van der Waals surface area contributed by atoms with E-state index in [2.05, 4.69) is 20.0 Å². The third-order valence-electron chi connectivity index (χ3n) is 2.76. The van der Waals surface area contributed by atoms with Gasteiger partial charge < -0.3 is 4.74 Å². The third-order valence-corrected chi connectivity index (χ3v) is 3.34. The second kappa shape index (κ2) is 8.72. The van der Waals surface area contributed by atoms with Crippen LogP contribution in [0.1, 0.15) is 13.8 Å². The molecule has 7 heteroatoms. The number of aliphatic imine (C=N–C) groups is 2. The highest BCUT2D eigenvalue weighted by molar-refractivity contribution is 6.32. The van der Waals surface area contributed by atoms with Gasteiger partial charge in [-0.05, 0) is 38.1 Å². The Bertz CT molecular complexity index is 646. The molecule has 0 aliphatic rings. The maximum absolute atomic E-state index is 5.94. The van der Waals surface area contributed by atoms with Gasteiger partial charge in [-0.15, -0.1) is 0 Å². The highest BCUT2D eigenvalue weighted by atomic mass is 35.5. The molecule has 0 spiro atoms. The average molecular weight is 351 g/mol. The van der Waals surface area contributed by atoms with E-state index in [1.54, 1.807) is 49.1 Å². The molecule has 2 aromatic rings. The van der Waals surface area contributed by atoms with E-state index >= 15 is 0 Å². The molecule has 5 nitrogen and oxygen atoms in total. The van der Waals surface area contributed by atoms with Crippen LogP contribution in [-0.2, 0) is 4.74 Å². The van der Waals surface area contributed by atoms with Crippen LogP contribution in [-0.4, -0.2) is 34.6 Å². The maximum Gasteiger partial charge on any atom is 0.154 e. The average Bonchev–Trinajstić information content (AvgIpc) is 2.53. The highest BCUT2D eigenvalue weighted by Gasteiger charge is 2.05. The molecule has 0 radical (unpaired) electrons. The van der Waals surface area contributed by atoms with Crippen LogP contribution in [0.3, 0.4) is 0 Å². The smallest absolute Gasteiger partial charge is 0.154 e. The zero-order valence-electron chi connectivity index (χ0n) is 12.7. The summed E-state index contributed by atoms with van der Waals surface area (Å²) in [4.78, 5) is 16.5. The molecule has 2 heterocycles. The van der Waals surface area contributed by atoms with E-state index in [1.807, 2.05) is 13.8 Å². The van der Waals surface area contributed by atoms with Crippen molar-refractivity contribution in [3.63, 3.8) is 0 Å². The standard InChI is InChI=1S/C16H16Cl2N4O/c1-11(9-21-13-5-3-7-19-15(13)17)23-12(2)10-22-14-6-4-8-20-16(14)18/h3-12H,1-2H3. The number of halogens is 2.